The van der Waals surface area contributed by atoms with Crippen molar-refractivity contribution in [3.05, 3.63) is 52.7 Å². The summed E-state index contributed by atoms with van der Waals surface area (Å²) in [5.41, 5.74) is 1.45. The maximum absolute atomic E-state index is 12.3. The Balaban J connectivity index is 1.74. The Morgan fingerprint density at radius 2 is 1.86 bits per heavy atom. The average Bonchev–Trinajstić information content (AvgIpc) is 3.29. The van der Waals surface area contributed by atoms with Crippen molar-refractivity contribution in [1.82, 2.24) is 10.3 Å². The molecule has 2 aromatic heterocycles. The number of amides is 1. The van der Waals surface area contributed by atoms with Gasteiger partial charge in [-0.05, 0) is 32.2 Å². The van der Waals surface area contributed by atoms with Crippen molar-refractivity contribution < 1.29 is 14.3 Å². The fourth-order valence-corrected chi connectivity index (χ4v) is 4.44. The standard InChI is InChI=1S/C21H22N2O3S2/c1-21(2,3)23-17(24)13-26-18(25)12-16-19(15-10-7-11-27-15)22-20(28-16)14-8-5-4-6-9-14/h4-11H,12-13H2,1-3H3,(H,23,24). The summed E-state index contributed by atoms with van der Waals surface area (Å²) in [6, 6.07) is 13.8. The number of aromatic nitrogens is 1. The Kier molecular flexibility index (Phi) is 6.26. The second-order valence-corrected chi connectivity index (χ2v) is 9.30. The summed E-state index contributed by atoms with van der Waals surface area (Å²) in [5.74, 6) is -0.751. The van der Waals surface area contributed by atoms with Crippen LogP contribution < -0.4 is 5.32 Å². The van der Waals surface area contributed by atoms with Crippen LogP contribution in [0.4, 0.5) is 0 Å². The molecule has 1 N–H and O–H groups in total. The number of thiophene rings is 1. The molecule has 0 aliphatic heterocycles. The van der Waals surface area contributed by atoms with Crippen LogP contribution in [0.1, 0.15) is 25.6 Å². The van der Waals surface area contributed by atoms with E-state index in [1.165, 1.54) is 11.3 Å². The monoisotopic (exact) mass is 414 g/mol. The lowest BCUT2D eigenvalue weighted by Gasteiger charge is -2.20. The first kappa shape index (κ1) is 20.2. The lowest BCUT2D eigenvalue weighted by molar-refractivity contribution is -0.148. The maximum atomic E-state index is 12.3. The number of thiazole rings is 1. The third kappa shape index (κ3) is 5.50. The van der Waals surface area contributed by atoms with Crippen molar-refractivity contribution >= 4 is 34.6 Å². The van der Waals surface area contributed by atoms with E-state index in [-0.39, 0.29) is 24.5 Å². The van der Waals surface area contributed by atoms with Crippen molar-refractivity contribution in [3.8, 4) is 21.1 Å². The summed E-state index contributed by atoms with van der Waals surface area (Å²) in [4.78, 5) is 30.8. The van der Waals surface area contributed by atoms with E-state index in [4.69, 9.17) is 9.72 Å². The first-order chi connectivity index (χ1) is 13.3. The number of carbonyl (C=O) groups excluding carboxylic acids is 2. The zero-order chi connectivity index (χ0) is 20.1. The Bertz CT molecular complexity index is 942. The molecule has 7 heteroatoms. The minimum atomic E-state index is -0.440. The molecular formula is C21H22N2O3S2. The number of benzene rings is 1. The molecule has 0 aliphatic carbocycles. The van der Waals surface area contributed by atoms with Crippen LogP contribution in [0.15, 0.2) is 47.8 Å². The Morgan fingerprint density at radius 1 is 1.11 bits per heavy atom. The number of hydrogen-bond donors (Lipinski definition) is 1. The summed E-state index contributed by atoms with van der Waals surface area (Å²) < 4.78 is 5.17. The number of rotatable bonds is 6. The molecule has 0 bridgehead atoms. The molecule has 0 saturated carbocycles. The van der Waals surface area contributed by atoms with E-state index in [0.717, 1.165) is 26.0 Å². The van der Waals surface area contributed by atoms with Gasteiger partial charge in [0.05, 0.1) is 17.0 Å². The summed E-state index contributed by atoms with van der Waals surface area (Å²) in [6.45, 7) is 5.35. The average molecular weight is 415 g/mol. The maximum Gasteiger partial charge on any atom is 0.311 e. The first-order valence-corrected chi connectivity index (χ1v) is 10.6. The van der Waals surface area contributed by atoms with Gasteiger partial charge in [0.1, 0.15) is 5.01 Å². The SMILES string of the molecule is CC(C)(C)NC(=O)COC(=O)Cc1sc(-c2ccccc2)nc1-c1cccs1. The van der Waals surface area contributed by atoms with Gasteiger partial charge in [0.2, 0.25) is 0 Å². The van der Waals surface area contributed by atoms with Gasteiger partial charge >= 0.3 is 5.97 Å². The van der Waals surface area contributed by atoms with Crippen molar-refractivity contribution in [3.63, 3.8) is 0 Å². The summed E-state index contributed by atoms with van der Waals surface area (Å²) in [5, 5.41) is 5.61. The van der Waals surface area contributed by atoms with Crippen molar-refractivity contribution in [2.45, 2.75) is 32.7 Å². The highest BCUT2D eigenvalue weighted by atomic mass is 32.1. The largest absolute Gasteiger partial charge is 0.455 e. The van der Waals surface area contributed by atoms with Crippen LogP contribution in [0.3, 0.4) is 0 Å². The number of hydrogen-bond acceptors (Lipinski definition) is 6. The molecule has 0 unspecified atom stereocenters. The molecule has 0 aliphatic rings. The smallest absolute Gasteiger partial charge is 0.311 e. The van der Waals surface area contributed by atoms with E-state index >= 15 is 0 Å². The van der Waals surface area contributed by atoms with Crippen LogP contribution in [0.25, 0.3) is 21.1 Å². The fourth-order valence-electron chi connectivity index (χ4n) is 2.56. The highest BCUT2D eigenvalue weighted by molar-refractivity contribution is 7.17. The van der Waals surface area contributed by atoms with E-state index in [0.29, 0.717) is 0 Å². The molecule has 1 amide bonds. The highest BCUT2D eigenvalue weighted by Crippen LogP contribution is 2.36. The van der Waals surface area contributed by atoms with E-state index in [2.05, 4.69) is 5.32 Å². The molecule has 3 rings (SSSR count). The molecule has 146 valence electrons. The van der Waals surface area contributed by atoms with E-state index < -0.39 is 5.97 Å². The molecule has 28 heavy (non-hydrogen) atoms. The van der Waals surface area contributed by atoms with Gasteiger partial charge < -0.3 is 10.1 Å². The topological polar surface area (TPSA) is 68.3 Å². The Hall–Kier alpha value is -2.51. The van der Waals surface area contributed by atoms with Crippen molar-refractivity contribution in [1.29, 1.82) is 0 Å². The second kappa shape index (κ2) is 8.67. The molecule has 0 spiro atoms. The van der Waals surface area contributed by atoms with Gasteiger partial charge in [0.15, 0.2) is 6.61 Å². The predicted octanol–water partition coefficient (Wildman–Crippen LogP) is 4.54. The third-order valence-corrected chi connectivity index (χ3v) is 5.64. The zero-order valence-electron chi connectivity index (χ0n) is 16.0. The van der Waals surface area contributed by atoms with Crippen molar-refractivity contribution in [2.75, 3.05) is 6.61 Å². The molecule has 2 heterocycles. The van der Waals surface area contributed by atoms with Crippen molar-refractivity contribution in [2.24, 2.45) is 0 Å². The summed E-state index contributed by atoms with van der Waals surface area (Å²) in [7, 11) is 0. The number of carbonyl (C=O) groups is 2. The minimum Gasteiger partial charge on any atom is -0.455 e. The molecule has 0 atom stereocenters. The highest BCUT2D eigenvalue weighted by Gasteiger charge is 2.20. The van der Waals surface area contributed by atoms with Gasteiger partial charge in [0.25, 0.3) is 5.91 Å². The Labute approximate surface area is 172 Å². The Morgan fingerprint density at radius 3 is 2.50 bits per heavy atom. The summed E-state index contributed by atoms with van der Waals surface area (Å²) >= 11 is 3.06. The zero-order valence-corrected chi connectivity index (χ0v) is 17.7. The number of nitrogens with one attached hydrogen (secondary N) is 1. The van der Waals surface area contributed by atoms with Crippen LogP contribution >= 0.6 is 22.7 Å². The fraction of sp³-hybridized carbons (Fsp3) is 0.286. The van der Waals surface area contributed by atoms with Gasteiger partial charge in [-0.15, -0.1) is 22.7 Å². The van der Waals surface area contributed by atoms with Gasteiger partial charge in [-0.1, -0.05) is 36.4 Å². The molecule has 0 radical (unpaired) electrons. The molecule has 0 saturated heterocycles. The van der Waals surface area contributed by atoms with E-state index in [9.17, 15) is 9.59 Å². The van der Waals surface area contributed by atoms with Crippen LogP contribution in [0.2, 0.25) is 0 Å². The first-order valence-electron chi connectivity index (χ1n) is 8.87. The predicted molar refractivity (Wildman–Crippen MR) is 113 cm³/mol. The van der Waals surface area contributed by atoms with Crippen LogP contribution in [0, 0.1) is 0 Å². The molecule has 1 aromatic carbocycles. The van der Waals surface area contributed by atoms with Gasteiger partial charge in [-0.2, -0.15) is 0 Å². The lowest BCUT2D eigenvalue weighted by atomic mass is 10.1. The van der Waals surface area contributed by atoms with Crippen LogP contribution in [-0.4, -0.2) is 29.0 Å². The molecule has 3 aromatic rings. The number of nitrogens with zero attached hydrogens (tertiary/aromatic N) is 1. The second-order valence-electron chi connectivity index (χ2n) is 7.27. The minimum absolute atomic E-state index is 0.0839. The van der Waals surface area contributed by atoms with Crippen LogP contribution in [-0.2, 0) is 20.7 Å². The normalized spacial score (nSPS) is 11.2. The molecule has 0 fully saturated rings. The van der Waals surface area contributed by atoms with E-state index in [1.807, 2.05) is 68.6 Å². The van der Waals surface area contributed by atoms with Gasteiger partial charge in [0, 0.05) is 16.0 Å². The summed E-state index contributed by atoms with van der Waals surface area (Å²) in [6.07, 6.45) is 0.0839. The lowest BCUT2D eigenvalue weighted by Crippen LogP contribution is -2.42. The number of ether oxygens (including phenoxy) is 1. The molecule has 5 nitrogen and oxygen atoms in total. The van der Waals surface area contributed by atoms with E-state index in [1.54, 1.807) is 11.3 Å². The molecular weight excluding hydrogens is 392 g/mol. The number of esters is 1. The van der Waals surface area contributed by atoms with Gasteiger partial charge in [-0.3, -0.25) is 9.59 Å². The van der Waals surface area contributed by atoms with Crippen LogP contribution in [0.5, 0.6) is 0 Å². The quantitative estimate of drug-likeness (QED) is 0.601. The van der Waals surface area contributed by atoms with Gasteiger partial charge in [-0.25, -0.2) is 4.98 Å². The third-order valence-electron chi connectivity index (χ3n) is 3.66.